The topological polar surface area (TPSA) is 75.1 Å². The van der Waals surface area contributed by atoms with Crippen LogP contribution in [0.5, 0.6) is 0 Å². The summed E-state index contributed by atoms with van der Waals surface area (Å²) in [6.45, 7) is 0.708. The van der Waals surface area contributed by atoms with Gasteiger partial charge in [0.15, 0.2) is 5.82 Å². The molecule has 0 saturated heterocycles. The minimum Gasteiger partial charge on any atom is -0.478 e. The molecule has 5 nitrogen and oxygen atoms in total. The Morgan fingerprint density at radius 2 is 2.47 bits per heavy atom. The van der Waals surface area contributed by atoms with Crippen LogP contribution in [-0.2, 0) is 0 Å². The average Bonchev–Trinajstić information content (AvgIpc) is 2.25. The number of nitrogens with zero attached hydrogens (tertiary/aromatic N) is 2. The molecule has 6 heteroatoms. The molecule has 0 aliphatic rings. The van der Waals surface area contributed by atoms with E-state index >= 15 is 0 Å². The van der Waals surface area contributed by atoms with Crippen LogP contribution in [0.1, 0.15) is 16.8 Å². The normalized spacial score (nSPS) is 9.93. The number of anilines is 1. The van der Waals surface area contributed by atoms with Crippen LogP contribution in [0.25, 0.3) is 0 Å². The third-order valence-electron chi connectivity index (χ3n) is 1.77. The van der Waals surface area contributed by atoms with Gasteiger partial charge in [-0.1, -0.05) is 0 Å². The molecule has 1 aromatic heterocycles. The molecule has 0 aromatic carbocycles. The summed E-state index contributed by atoms with van der Waals surface area (Å²) in [5.74, 6) is 0.388. The van der Waals surface area contributed by atoms with Gasteiger partial charge in [0.05, 0.1) is 6.20 Å². The molecule has 0 bridgehead atoms. The van der Waals surface area contributed by atoms with E-state index in [2.05, 4.69) is 15.5 Å². The Balaban J connectivity index is 2.56. The van der Waals surface area contributed by atoms with E-state index < -0.39 is 5.97 Å². The fourth-order valence-corrected chi connectivity index (χ4v) is 1.49. The molecule has 0 radical (unpaired) electrons. The largest absolute Gasteiger partial charge is 0.478 e. The van der Waals surface area contributed by atoms with Crippen molar-refractivity contribution in [3.05, 3.63) is 17.8 Å². The number of nitrogens with one attached hydrogen (secondary N) is 1. The molecule has 0 amide bonds. The van der Waals surface area contributed by atoms with Crippen molar-refractivity contribution in [3.8, 4) is 0 Å². The van der Waals surface area contributed by atoms with Gasteiger partial charge in [0.2, 0.25) is 0 Å². The summed E-state index contributed by atoms with van der Waals surface area (Å²) in [5.41, 5.74) is 0.161. The average molecular weight is 227 g/mol. The maximum absolute atomic E-state index is 10.8. The molecule has 0 aliphatic carbocycles. The Bertz CT molecular complexity index is 333. The second kappa shape index (κ2) is 6.23. The van der Waals surface area contributed by atoms with Crippen molar-refractivity contribution in [3.63, 3.8) is 0 Å². The lowest BCUT2D eigenvalue weighted by Gasteiger charge is -2.06. The van der Waals surface area contributed by atoms with Crippen LogP contribution in [0, 0.1) is 0 Å². The first-order valence-corrected chi connectivity index (χ1v) is 5.93. The summed E-state index contributed by atoms with van der Waals surface area (Å²) >= 11 is 1.75. The van der Waals surface area contributed by atoms with Crippen LogP contribution in [0.4, 0.5) is 5.82 Å². The SMILES string of the molecule is CSCCCNc1nnccc1C(=O)O. The first-order valence-electron chi connectivity index (χ1n) is 4.53. The van der Waals surface area contributed by atoms with Gasteiger partial charge in [0.1, 0.15) is 5.56 Å². The van der Waals surface area contributed by atoms with Crippen molar-refractivity contribution in [2.24, 2.45) is 0 Å². The summed E-state index contributed by atoms with van der Waals surface area (Å²) in [4.78, 5) is 10.8. The number of aromatic nitrogens is 2. The zero-order valence-electron chi connectivity index (χ0n) is 8.43. The smallest absolute Gasteiger partial charge is 0.339 e. The second-order valence-corrected chi connectivity index (χ2v) is 3.86. The van der Waals surface area contributed by atoms with Crippen LogP contribution in [0.15, 0.2) is 12.3 Å². The van der Waals surface area contributed by atoms with E-state index in [1.165, 1.54) is 12.3 Å². The quantitative estimate of drug-likeness (QED) is 0.714. The van der Waals surface area contributed by atoms with E-state index in [1.54, 1.807) is 11.8 Å². The van der Waals surface area contributed by atoms with Gasteiger partial charge in [-0.15, -0.1) is 5.10 Å². The van der Waals surface area contributed by atoms with Gasteiger partial charge in [0.25, 0.3) is 0 Å². The standard InChI is InChI=1S/C9H13N3O2S/c1-15-6-2-4-10-8-7(9(13)14)3-5-11-12-8/h3,5H,2,4,6H2,1H3,(H,10,12)(H,13,14). The first-order chi connectivity index (χ1) is 7.25. The Kier molecular flexibility index (Phi) is 4.89. The Hall–Kier alpha value is -1.30. The Morgan fingerprint density at radius 3 is 3.13 bits per heavy atom. The van der Waals surface area contributed by atoms with E-state index in [4.69, 9.17) is 5.11 Å². The van der Waals surface area contributed by atoms with Crippen LogP contribution in [-0.4, -0.2) is 39.8 Å². The number of hydrogen-bond donors (Lipinski definition) is 2. The van der Waals surface area contributed by atoms with Crippen LogP contribution in [0.3, 0.4) is 0 Å². The summed E-state index contributed by atoms with van der Waals surface area (Å²) in [6, 6.07) is 1.44. The van der Waals surface area contributed by atoms with Crippen molar-refractivity contribution >= 4 is 23.5 Å². The fraction of sp³-hybridized carbons (Fsp3) is 0.444. The monoisotopic (exact) mass is 227 g/mol. The first kappa shape index (κ1) is 11.8. The molecule has 82 valence electrons. The van der Waals surface area contributed by atoms with Crippen LogP contribution >= 0.6 is 11.8 Å². The molecule has 0 spiro atoms. The van der Waals surface area contributed by atoms with Gasteiger partial charge >= 0.3 is 5.97 Å². The van der Waals surface area contributed by atoms with Crippen molar-refractivity contribution in [2.75, 3.05) is 23.9 Å². The zero-order chi connectivity index (χ0) is 11.1. The molecule has 1 heterocycles. The minimum absolute atomic E-state index is 0.161. The van der Waals surface area contributed by atoms with Crippen molar-refractivity contribution < 1.29 is 9.90 Å². The molecule has 0 saturated carbocycles. The van der Waals surface area contributed by atoms with E-state index in [9.17, 15) is 4.79 Å². The number of carboxylic acids is 1. The Morgan fingerprint density at radius 1 is 1.67 bits per heavy atom. The highest BCUT2D eigenvalue weighted by molar-refractivity contribution is 7.98. The lowest BCUT2D eigenvalue weighted by molar-refractivity contribution is 0.0697. The highest BCUT2D eigenvalue weighted by atomic mass is 32.2. The van der Waals surface area contributed by atoms with Gasteiger partial charge in [0, 0.05) is 6.54 Å². The van der Waals surface area contributed by atoms with Gasteiger partial charge in [-0.2, -0.15) is 16.9 Å². The summed E-state index contributed by atoms with van der Waals surface area (Å²) in [7, 11) is 0. The molecule has 0 fully saturated rings. The van der Waals surface area contributed by atoms with Gasteiger partial charge in [-0.3, -0.25) is 0 Å². The van der Waals surface area contributed by atoms with Crippen molar-refractivity contribution in [2.45, 2.75) is 6.42 Å². The van der Waals surface area contributed by atoms with E-state index in [0.29, 0.717) is 12.4 Å². The number of aromatic carboxylic acids is 1. The van der Waals surface area contributed by atoms with Crippen LogP contribution < -0.4 is 5.32 Å². The lowest BCUT2D eigenvalue weighted by Crippen LogP contribution is -2.10. The summed E-state index contributed by atoms with van der Waals surface area (Å²) in [5, 5.41) is 19.2. The molecule has 15 heavy (non-hydrogen) atoms. The maximum atomic E-state index is 10.8. The number of thioether (sulfide) groups is 1. The highest BCUT2D eigenvalue weighted by Crippen LogP contribution is 2.09. The van der Waals surface area contributed by atoms with Crippen molar-refractivity contribution in [1.29, 1.82) is 0 Å². The molecular formula is C9H13N3O2S. The van der Waals surface area contributed by atoms with Crippen LogP contribution in [0.2, 0.25) is 0 Å². The summed E-state index contributed by atoms with van der Waals surface area (Å²) in [6.07, 6.45) is 4.37. The number of hydrogen-bond acceptors (Lipinski definition) is 5. The molecule has 2 N–H and O–H groups in total. The molecule has 0 atom stereocenters. The third kappa shape index (κ3) is 3.75. The number of carboxylic acid groups (broad SMARTS) is 1. The molecule has 0 aliphatic heterocycles. The predicted octanol–water partition coefficient (Wildman–Crippen LogP) is 1.34. The summed E-state index contributed by atoms with van der Waals surface area (Å²) < 4.78 is 0. The van der Waals surface area contributed by atoms with E-state index in [1.807, 2.05) is 6.26 Å². The number of rotatable bonds is 6. The van der Waals surface area contributed by atoms with Gasteiger partial charge in [-0.25, -0.2) is 4.79 Å². The predicted molar refractivity (Wildman–Crippen MR) is 60.5 cm³/mol. The van der Waals surface area contributed by atoms with Crippen molar-refractivity contribution in [1.82, 2.24) is 10.2 Å². The molecular weight excluding hydrogens is 214 g/mol. The van der Waals surface area contributed by atoms with E-state index in [-0.39, 0.29) is 5.56 Å². The Labute approximate surface area is 92.3 Å². The maximum Gasteiger partial charge on any atom is 0.339 e. The van der Waals surface area contributed by atoms with Gasteiger partial charge in [-0.05, 0) is 24.5 Å². The zero-order valence-corrected chi connectivity index (χ0v) is 9.25. The second-order valence-electron chi connectivity index (χ2n) is 2.87. The molecule has 0 unspecified atom stereocenters. The molecule has 1 aromatic rings. The fourth-order valence-electron chi connectivity index (χ4n) is 1.06. The highest BCUT2D eigenvalue weighted by Gasteiger charge is 2.10. The van der Waals surface area contributed by atoms with E-state index in [0.717, 1.165) is 12.2 Å². The number of carbonyl (C=O) groups is 1. The lowest BCUT2D eigenvalue weighted by atomic mass is 10.3. The minimum atomic E-state index is -0.989. The molecule has 1 rings (SSSR count). The van der Waals surface area contributed by atoms with Gasteiger partial charge < -0.3 is 10.4 Å². The third-order valence-corrected chi connectivity index (χ3v) is 2.47.